The van der Waals surface area contributed by atoms with Crippen LogP contribution in [0.2, 0.25) is 0 Å². The molecule has 1 amide bonds. The molecule has 1 aliphatic carbocycles. The third-order valence-corrected chi connectivity index (χ3v) is 2.96. The lowest BCUT2D eigenvalue weighted by Gasteiger charge is -2.11. The van der Waals surface area contributed by atoms with Crippen LogP contribution in [0.25, 0.3) is 0 Å². The molecule has 8 nitrogen and oxygen atoms in total. The summed E-state index contributed by atoms with van der Waals surface area (Å²) in [5.41, 5.74) is 0. The second-order valence-corrected chi connectivity index (χ2v) is 4.92. The summed E-state index contributed by atoms with van der Waals surface area (Å²) in [6, 6.07) is 0. The van der Waals surface area contributed by atoms with Gasteiger partial charge in [-0.15, -0.1) is 24.0 Å². The van der Waals surface area contributed by atoms with Gasteiger partial charge in [0.15, 0.2) is 11.8 Å². The van der Waals surface area contributed by atoms with Gasteiger partial charge < -0.3 is 20.5 Å². The van der Waals surface area contributed by atoms with Gasteiger partial charge in [0.05, 0.1) is 0 Å². The molecule has 0 spiro atoms. The predicted molar refractivity (Wildman–Crippen MR) is 93.0 cm³/mol. The summed E-state index contributed by atoms with van der Waals surface area (Å²) in [4.78, 5) is 19.9. The number of carbonyl (C=O) groups excluding carboxylic acids is 1. The highest BCUT2D eigenvalue weighted by Crippen LogP contribution is 2.28. The molecule has 0 saturated heterocycles. The zero-order valence-electron chi connectivity index (χ0n) is 12.9. The van der Waals surface area contributed by atoms with Crippen LogP contribution in [-0.2, 0) is 11.3 Å². The SMILES string of the molecule is CCNC(=NCc1noc(C)n1)NCCNC(=O)C1CC1.I. The maximum absolute atomic E-state index is 11.5. The zero-order chi connectivity index (χ0) is 15.1. The highest BCUT2D eigenvalue weighted by Gasteiger charge is 2.28. The highest BCUT2D eigenvalue weighted by molar-refractivity contribution is 14.0. The maximum atomic E-state index is 11.5. The lowest BCUT2D eigenvalue weighted by molar-refractivity contribution is -0.122. The molecular weight excluding hydrogens is 399 g/mol. The number of aryl methyl sites for hydroxylation is 1. The summed E-state index contributed by atoms with van der Waals surface area (Å²) in [7, 11) is 0. The van der Waals surface area contributed by atoms with E-state index in [1.165, 1.54) is 0 Å². The number of carbonyl (C=O) groups is 1. The van der Waals surface area contributed by atoms with Gasteiger partial charge >= 0.3 is 0 Å². The molecule has 9 heteroatoms. The van der Waals surface area contributed by atoms with Crippen molar-refractivity contribution < 1.29 is 9.32 Å². The van der Waals surface area contributed by atoms with Gasteiger partial charge in [-0.05, 0) is 19.8 Å². The van der Waals surface area contributed by atoms with Gasteiger partial charge in [-0.1, -0.05) is 5.16 Å². The van der Waals surface area contributed by atoms with E-state index in [4.69, 9.17) is 4.52 Å². The number of halogens is 1. The zero-order valence-corrected chi connectivity index (χ0v) is 15.2. The largest absolute Gasteiger partial charge is 0.357 e. The van der Waals surface area contributed by atoms with Gasteiger partial charge in [-0.3, -0.25) is 4.79 Å². The fraction of sp³-hybridized carbons (Fsp3) is 0.692. The molecule has 1 aromatic heterocycles. The van der Waals surface area contributed by atoms with Gasteiger partial charge in [-0.2, -0.15) is 4.98 Å². The Morgan fingerprint density at radius 1 is 1.32 bits per heavy atom. The predicted octanol–water partition coefficient (Wildman–Crippen LogP) is 0.577. The summed E-state index contributed by atoms with van der Waals surface area (Å²) < 4.78 is 4.89. The van der Waals surface area contributed by atoms with Crippen molar-refractivity contribution in [2.45, 2.75) is 33.2 Å². The molecule has 22 heavy (non-hydrogen) atoms. The van der Waals surface area contributed by atoms with Gasteiger partial charge in [0.2, 0.25) is 11.8 Å². The molecule has 124 valence electrons. The first-order valence-corrected chi connectivity index (χ1v) is 7.28. The van der Waals surface area contributed by atoms with Crippen molar-refractivity contribution in [1.29, 1.82) is 0 Å². The highest BCUT2D eigenvalue weighted by atomic mass is 127. The third-order valence-electron chi connectivity index (χ3n) is 2.96. The molecular formula is C13H23IN6O2. The van der Waals surface area contributed by atoms with Crippen LogP contribution in [0, 0.1) is 12.8 Å². The van der Waals surface area contributed by atoms with Crippen LogP contribution in [0.3, 0.4) is 0 Å². The minimum atomic E-state index is 0. The van der Waals surface area contributed by atoms with Gasteiger partial charge in [0.25, 0.3) is 0 Å². The molecule has 1 aromatic rings. The quantitative estimate of drug-likeness (QED) is 0.257. The van der Waals surface area contributed by atoms with Crippen molar-refractivity contribution in [2.75, 3.05) is 19.6 Å². The van der Waals surface area contributed by atoms with E-state index in [9.17, 15) is 4.79 Å². The van der Waals surface area contributed by atoms with Crippen molar-refractivity contribution in [3.05, 3.63) is 11.7 Å². The summed E-state index contributed by atoms with van der Waals surface area (Å²) in [5.74, 6) is 2.14. The van der Waals surface area contributed by atoms with Crippen LogP contribution >= 0.6 is 24.0 Å². The smallest absolute Gasteiger partial charge is 0.223 e. The van der Waals surface area contributed by atoms with Crippen LogP contribution in [0.5, 0.6) is 0 Å². The number of guanidine groups is 1. The average molecular weight is 422 g/mol. The Kier molecular flexibility index (Phi) is 8.13. The van der Waals surface area contributed by atoms with Crippen LogP contribution in [0.4, 0.5) is 0 Å². The van der Waals surface area contributed by atoms with E-state index < -0.39 is 0 Å². The number of nitrogens with one attached hydrogen (secondary N) is 3. The fourth-order valence-corrected chi connectivity index (χ4v) is 1.75. The van der Waals surface area contributed by atoms with Crippen LogP contribution in [0.1, 0.15) is 31.5 Å². The van der Waals surface area contributed by atoms with E-state index in [1.54, 1.807) is 6.92 Å². The van der Waals surface area contributed by atoms with E-state index in [0.29, 0.717) is 37.3 Å². The minimum absolute atomic E-state index is 0. The Morgan fingerprint density at radius 2 is 2.05 bits per heavy atom. The molecule has 0 bridgehead atoms. The van der Waals surface area contributed by atoms with Crippen molar-refractivity contribution in [3.63, 3.8) is 0 Å². The summed E-state index contributed by atoms with van der Waals surface area (Å²) in [5, 5.41) is 13.0. The first-order chi connectivity index (χ1) is 10.2. The summed E-state index contributed by atoms with van der Waals surface area (Å²) >= 11 is 0. The fourth-order valence-electron chi connectivity index (χ4n) is 1.75. The Labute approximate surface area is 146 Å². The van der Waals surface area contributed by atoms with Crippen LogP contribution < -0.4 is 16.0 Å². The first-order valence-electron chi connectivity index (χ1n) is 7.28. The van der Waals surface area contributed by atoms with E-state index in [0.717, 1.165) is 19.4 Å². The molecule has 0 aliphatic heterocycles. The molecule has 3 N–H and O–H groups in total. The summed E-state index contributed by atoms with van der Waals surface area (Å²) in [6.45, 7) is 6.04. The van der Waals surface area contributed by atoms with Crippen LogP contribution in [0.15, 0.2) is 9.52 Å². The summed E-state index contributed by atoms with van der Waals surface area (Å²) in [6.07, 6.45) is 2.04. The van der Waals surface area contributed by atoms with E-state index in [1.807, 2.05) is 6.92 Å². The normalized spacial score (nSPS) is 14.2. The number of hydrogen-bond acceptors (Lipinski definition) is 5. The molecule has 1 aliphatic rings. The van der Waals surface area contributed by atoms with E-state index in [-0.39, 0.29) is 35.8 Å². The van der Waals surface area contributed by atoms with E-state index in [2.05, 4.69) is 31.1 Å². The Balaban J connectivity index is 0.00000242. The Morgan fingerprint density at radius 3 is 2.64 bits per heavy atom. The number of aromatic nitrogens is 2. The van der Waals surface area contributed by atoms with Crippen molar-refractivity contribution in [3.8, 4) is 0 Å². The van der Waals surface area contributed by atoms with Crippen LogP contribution in [-0.4, -0.2) is 41.6 Å². The Hall–Kier alpha value is -1.39. The lowest BCUT2D eigenvalue weighted by atomic mass is 10.4. The average Bonchev–Trinajstić information content (AvgIpc) is 3.24. The number of hydrogen-bond donors (Lipinski definition) is 3. The molecule has 0 aromatic carbocycles. The number of aliphatic imine (C=N–C) groups is 1. The number of amides is 1. The van der Waals surface area contributed by atoms with E-state index >= 15 is 0 Å². The molecule has 0 unspecified atom stereocenters. The topological polar surface area (TPSA) is 104 Å². The second kappa shape index (κ2) is 9.59. The lowest BCUT2D eigenvalue weighted by Crippen LogP contribution is -2.41. The molecule has 1 heterocycles. The van der Waals surface area contributed by atoms with Gasteiger partial charge in [-0.25, -0.2) is 4.99 Å². The van der Waals surface area contributed by atoms with Crippen molar-refractivity contribution >= 4 is 35.8 Å². The van der Waals surface area contributed by atoms with Crippen molar-refractivity contribution in [1.82, 2.24) is 26.1 Å². The Bertz CT molecular complexity index is 500. The standard InChI is InChI=1S/C13H22N6O2.HI/c1-3-14-13(17-8-11-18-9(2)21-19-11)16-7-6-15-12(20)10-4-5-10;/h10H,3-8H2,1-2H3,(H,15,20)(H2,14,16,17);1H. The van der Waals surface area contributed by atoms with Gasteiger partial charge in [0.1, 0.15) is 6.54 Å². The van der Waals surface area contributed by atoms with Crippen molar-refractivity contribution in [2.24, 2.45) is 10.9 Å². The number of nitrogens with zero attached hydrogens (tertiary/aromatic N) is 3. The monoisotopic (exact) mass is 422 g/mol. The molecule has 1 saturated carbocycles. The molecule has 2 rings (SSSR count). The molecule has 1 fully saturated rings. The van der Waals surface area contributed by atoms with Gasteiger partial charge in [0, 0.05) is 32.5 Å². The maximum Gasteiger partial charge on any atom is 0.223 e. The second-order valence-electron chi connectivity index (χ2n) is 4.92. The molecule has 0 atom stereocenters. The number of rotatable bonds is 7. The molecule has 0 radical (unpaired) electrons. The first kappa shape index (κ1) is 18.7. The minimum Gasteiger partial charge on any atom is -0.357 e. The third kappa shape index (κ3) is 6.58.